The van der Waals surface area contributed by atoms with E-state index < -0.39 is 37.3 Å². The van der Waals surface area contributed by atoms with Crippen LogP contribution in [-0.2, 0) is 31.2 Å². The lowest BCUT2D eigenvalue weighted by Gasteiger charge is -2.06. The molecule has 14 nitrogen and oxygen atoms in total. The van der Waals surface area contributed by atoms with Crippen LogP contribution in [0.2, 0.25) is 0 Å². The lowest BCUT2D eigenvalue weighted by atomic mass is 10.5. The Labute approximate surface area is 114 Å². The van der Waals surface area contributed by atoms with Gasteiger partial charge in [0.05, 0.1) is 12.7 Å². The molecule has 0 aromatic rings. The van der Waals surface area contributed by atoms with E-state index in [-0.39, 0.29) is 6.61 Å². The molecule has 1 atom stereocenters. The van der Waals surface area contributed by atoms with Crippen molar-refractivity contribution >= 4 is 31.2 Å². The number of hydrogen-bond donors (Lipinski definition) is 2. The Bertz CT molecular complexity index is 399. The fourth-order valence-corrected chi connectivity index (χ4v) is 0. The van der Waals surface area contributed by atoms with Crippen LogP contribution in [0, 0.1) is 0 Å². The van der Waals surface area contributed by atoms with Gasteiger partial charge in [0, 0.05) is 31.2 Å². The van der Waals surface area contributed by atoms with Gasteiger partial charge < -0.3 is 37.5 Å². The highest BCUT2D eigenvalue weighted by atomic mass is 32.3. The van der Waals surface area contributed by atoms with Crippen LogP contribution in [-0.4, -0.2) is 75.5 Å². The van der Waals surface area contributed by atoms with Crippen LogP contribution in [0.5, 0.6) is 0 Å². The van der Waals surface area contributed by atoms with E-state index in [2.05, 4.69) is 0 Å². The average molecular weight is 364 g/mol. The van der Waals surface area contributed by atoms with Crippen molar-refractivity contribution in [2.45, 2.75) is 13.0 Å². The van der Waals surface area contributed by atoms with Crippen molar-refractivity contribution in [2.75, 3.05) is 6.61 Å². The second kappa shape index (κ2) is 12.3. The summed E-state index contributed by atoms with van der Waals surface area (Å²) < 4.78 is 102. The Morgan fingerprint density at radius 3 is 0.800 bits per heavy atom. The summed E-state index contributed by atoms with van der Waals surface area (Å²) in [4.78, 5) is 0. The quantitative estimate of drug-likeness (QED) is 0.326. The van der Waals surface area contributed by atoms with Crippen molar-refractivity contribution in [1.82, 2.24) is 0 Å². The minimum absolute atomic E-state index is 0.139. The summed E-state index contributed by atoms with van der Waals surface area (Å²) >= 11 is 0. The first-order valence-corrected chi connectivity index (χ1v) is 7.56. The lowest BCUT2D eigenvalue weighted by Crippen LogP contribution is -2.03. The Balaban J connectivity index is -0.0000000853. The minimum Gasteiger partial charge on any atom is -0.759 e. The minimum atomic E-state index is -5.17. The zero-order valence-electron chi connectivity index (χ0n) is 9.30. The van der Waals surface area contributed by atoms with Gasteiger partial charge in [-0.25, -0.2) is 0 Å². The molecule has 0 radical (unpaired) electrons. The third-order valence-corrected chi connectivity index (χ3v) is 0.264. The topological polar surface area (TPSA) is 281 Å². The molecule has 17 heteroatoms. The van der Waals surface area contributed by atoms with Crippen LogP contribution in [0.4, 0.5) is 0 Å². The molecule has 2 N–H and O–H groups in total. The summed E-state index contributed by atoms with van der Waals surface area (Å²) in [6, 6.07) is 0. The number of rotatable bonds is 1. The molecule has 0 aliphatic heterocycles. The van der Waals surface area contributed by atoms with Crippen molar-refractivity contribution < 1.29 is 62.8 Å². The van der Waals surface area contributed by atoms with Crippen molar-refractivity contribution in [1.29, 1.82) is 0 Å². The van der Waals surface area contributed by atoms with Gasteiger partial charge >= 0.3 is 0 Å². The molecule has 128 valence electrons. The Morgan fingerprint density at radius 1 is 0.750 bits per heavy atom. The summed E-state index contributed by atoms with van der Waals surface area (Å²) in [7, 11) is -15.5. The monoisotopic (exact) mass is 364 g/mol. The van der Waals surface area contributed by atoms with E-state index in [4.69, 9.17) is 62.8 Å². The van der Waals surface area contributed by atoms with Crippen LogP contribution < -0.4 is 0 Å². The Hall–Kier alpha value is -0.470. The first-order valence-electron chi connectivity index (χ1n) is 3.56. The maximum atomic E-state index is 8.52. The van der Waals surface area contributed by atoms with Crippen LogP contribution in [0.15, 0.2) is 0 Å². The van der Waals surface area contributed by atoms with Crippen molar-refractivity contribution in [3.05, 3.63) is 0 Å². The van der Waals surface area contributed by atoms with Gasteiger partial charge in [-0.05, 0) is 6.92 Å². The first kappa shape index (κ1) is 27.8. The SMILES string of the molecule is CC(O)CO.O=S(=O)([O-])[O-].O=S(=O)([O-])[O-].O=S(=O)([O-])[O-]. The standard InChI is InChI=1S/C3H8O2.3H2O4S/c1-3(5)2-4;3*1-5(2,3)4/h3-5H,2H2,1H3;3*(H2,1,2,3,4)/p-6. The van der Waals surface area contributed by atoms with E-state index in [9.17, 15) is 0 Å². The molecule has 0 amide bonds. The molecule has 0 spiro atoms. The molecule has 0 aliphatic carbocycles. The molecule has 0 aromatic carbocycles. The van der Waals surface area contributed by atoms with Gasteiger partial charge in [-0.1, -0.05) is 0 Å². The number of hydrogen-bond acceptors (Lipinski definition) is 14. The Morgan fingerprint density at radius 2 is 0.800 bits per heavy atom. The maximum absolute atomic E-state index is 8.52. The smallest absolute Gasteiger partial charge is 0.0742 e. The fourth-order valence-electron chi connectivity index (χ4n) is 0. The second-order valence-electron chi connectivity index (χ2n) is 2.26. The zero-order valence-corrected chi connectivity index (χ0v) is 11.8. The van der Waals surface area contributed by atoms with E-state index >= 15 is 0 Å². The van der Waals surface area contributed by atoms with Crippen LogP contribution in [0.1, 0.15) is 6.92 Å². The van der Waals surface area contributed by atoms with Gasteiger partial charge in [0.1, 0.15) is 0 Å². The molecule has 0 rings (SSSR count). The van der Waals surface area contributed by atoms with E-state index in [1.54, 1.807) is 0 Å². The summed E-state index contributed by atoms with van der Waals surface area (Å²) in [5.74, 6) is 0. The van der Waals surface area contributed by atoms with Crippen LogP contribution in [0.25, 0.3) is 0 Å². The number of aliphatic hydroxyl groups is 2. The maximum Gasteiger partial charge on any atom is 0.0742 e. The molecule has 0 heterocycles. The highest BCUT2D eigenvalue weighted by molar-refractivity contribution is 7.80. The highest BCUT2D eigenvalue weighted by Gasteiger charge is 1.83. The predicted molar refractivity (Wildman–Crippen MR) is 50.2 cm³/mol. The fraction of sp³-hybridized carbons (Fsp3) is 1.00. The van der Waals surface area contributed by atoms with E-state index in [1.807, 2.05) is 0 Å². The van der Waals surface area contributed by atoms with E-state index in [1.165, 1.54) is 6.92 Å². The summed E-state index contributed by atoms with van der Waals surface area (Å²) in [6.07, 6.45) is -0.560. The Kier molecular flexibility index (Phi) is 17.1. The molecule has 0 saturated heterocycles. The van der Waals surface area contributed by atoms with Gasteiger partial charge in [0.15, 0.2) is 0 Å². The molecule has 1 unspecified atom stereocenters. The molecular weight excluding hydrogens is 356 g/mol. The lowest BCUT2D eigenvalue weighted by molar-refractivity contribution is 0.110. The molecular formula is C3H8O14S3-6. The van der Waals surface area contributed by atoms with Gasteiger partial charge in [-0.15, -0.1) is 0 Å². The molecule has 0 fully saturated rings. The summed E-state index contributed by atoms with van der Waals surface area (Å²) in [6.45, 7) is 1.39. The third kappa shape index (κ3) is 2050. The van der Waals surface area contributed by atoms with Crippen LogP contribution in [0.3, 0.4) is 0 Å². The van der Waals surface area contributed by atoms with Crippen LogP contribution >= 0.6 is 0 Å². The van der Waals surface area contributed by atoms with Gasteiger partial charge in [0.25, 0.3) is 0 Å². The first-order chi connectivity index (χ1) is 8.27. The average Bonchev–Trinajstić information content (AvgIpc) is 1.93. The molecule has 0 aromatic heterocycles. The number of aliphatic hydroxyl groups excluding tert-OH is 2. The predicted octanol–water partition coefficient (Wildman–Crippen LogP) is -4.65. The highest BCUT2D eigenvalue weighted by Crippen LogP contribution is 1.68. The molecule has 0 saturated carbocycles. The molecule has 0 bridgehead atoms. The normalized spacial score (nSPS) is 12.4. The third-order valence-electron chi connectivity index (χ3n) is 0.264. The van der Waals surface area contributed by atoms with Crippen molar-refractivity contribution in [3.8, 4) is 0 Å². The van der Waals surface area contributed by atoms with E-state index in [0.29, 0.717) is 0 Å². The molecule has 0 aliphatic rings. The van der Waals surface area contributed by atoms with Gasteiger partial charge in [0.2, 0.25) is 0 Å². The van der Waals surface area contributed by atoms with Crippen molar-refractivity contribution in [3.63, 3.8) is 0 Å². The molecule has 20 heavy (non-hydrogen) atoms. The van der Waals surface area contributed by atoms with Gasteiger partial charge in [-0.2, -0.15) is 0 Å². The summed E-state index contributed by atoms with van der Waals surface area (Å²) in [5.41, 5.74) is 0. The van der Waals surface area contributed by atoms with Crippen molar-refractivity contribution in [2.24, 2.45) is 0 Å². The largest absolute Gasteiger partial charge is 0.759 e. The van der Waals surface area contributed by atoms with Gasteiger partial charge in [-0.3, -0.25) is 25.3 Å². The second-order valence-corrected chi connectivity index (χ2v) is 4.71. The summed E-state index contributed by atoms with van der Waals surface area (Å²) in [5, 5.41) is 16.0. The van der Waals surface area contributed by atoms with E-state index in [0.717, 1.165) is 0 Å². The zero-order chi connectivity index (χ0) is 17.8.